The molecule has 0 fully saturated rings. The zero-order valence-electron chi connectivity index (χ0n) is 13.1. The van der Waals surface area contributed by atoms with Gasteiger partial charge in [-0.1, -0.05) is 19.1 Å². The predicted molar refractivity (Wildman–Crippen MR) is 87.5 cm³/mol. The van der Waals surface area contributed by atoms with Crippen molar-refractivity contribution in [1.29, 1.82) is 0 Å². The van der Waals surface area contributed by atoms with E-state index in [-0.39, 0.29) is 18.2 Å². The number of nitrogens with two attached hydrogens (primary N) is 1. The van der Waals surface area contributed by atoms with Crippen molar-refractivity contribution in [3.63, 3.8) is 0 Å². The van der Waals surface area contributed by atoms with E-state index in [1.807, 2.05) is 6.92 Å². The van der Waals surface area contributed by atoms with Gasteiger partial charge in [-0.2, -0.15) is 13.2 Å². The molecular weight excluding hydrogens is 339 g/mol. The molecule has 130 valence electrons. The van der Waals surface area contributed by atoms with Crippen LogP contribution < -0.4 is 11.1 Å². The van der Waals surface area contributed by atoms with Crippen molar-refractivity contribution < 1.29 is 18.0 Å². The van der Waals surface area contributed by atoms with E-state index < -0.39 is 11.7 Å². The Hall–Kier alpha value is -1.93. The maximum absolute atomic E-state index is 12.8. The van der Waals surface area contributed by atoms with Crippen LogP contribution in [0.15, 0.2) is 29.6 Å². The summed E-state index contributed by atoms with van der Waals surface area (Å²) in [6.07, 6.45) is -4.30. The Kier molecular flexibility index (Phi) is 5.95. The third-order valence-corrected chi connectivity index (χ3v) is 4.32. The Morgan fingerprint density at radius 2 is 2.17 bits per heavy atom. The summed E-state index contributed by atoms with van der Waals surface area (Å²) in [5, 5.41) is 4.90. The van der Waals surface area contributed by atoms with Gasteiger partial charge in [0.25, 0.3) is 0 Å². The van der Waals surface area contributed by atoms with Crippen LogP contribution in [0, 0.1) is 5.92 Å². The monoisotopic (exact) mass is 357 g/mol. The van der Waals surface area contributed by atoms with Crippen LogP contribution in [-0.2, 0) is 17.4 Å². The minimum Gasteiger partial charge on any atom is -0.355 e. The first-order valence-corrected chi connectivity index (χ1v) is 8.26. The number of hydrogen-bond acceptors (Lipinski definition) is 4. The van der Waals surface area contributed by atoms with Crippen molar-refractivity contribution in [3.8, 4) is 10.6 Å². The molecular formula is C16H18F3N3OS. The van der Waals surface area contributed by atoms with Crippen molar-refractivity contribution in [2.75, 3.05) is 13.1 Å². The smallest absolute Gasteiger partial charge is 0.355 e. The van der Waals surface area contributed by atoms with Gasteiger partial charge >= 0.3 is 6.18 Å². The molecule has 1 aromatic heterocycles. The lowest BCUT2D eigenvalue weighted by Gasteiger charge is -2.09. The van der Waals surface area contributed by atoms with Gasteiger partial charge in [-0.25, -0.2) is 4.98 Å². The molecule has 1 atom stereocenters. The maximum atomic E-state index is 12.8. The number of thiazole rings is 1. The van der Waals surface area contributed by atoms with Crippen molar-refractivity contribution in [2.24, 2.45) is 11.7 Å². The number of amides is 1. The fourth-order valence-electron chi connectivity index (χ4n) is 1.95. The lowest BCUT2D eigenvalue weighted by molar-refractivity contribution is -0.137. The SMILES string of the molecule is CC(CN)CNC(=O)Cc1csc(-c2cccc(C(F)(F)F)c2)n1. The first-order chi connectivity index (χ1) is 11.3. The van der Waals surface area contributed by atoms with Crippen LogP contribution in [0.5, 0.6) is 0 Å². The summed E-state index contributed by atoms with van der Waals surface area (Å²) in [6.45, 7) is 2.89. The molecule has 0 radical (unpaired) electrons. The van der Waals surface area contributed by atoms with Crippen molar-refractivity contribution in [3.05, 3.63) is 40.9 Å². The van der Waals surface area contributed by atoms with Crippen LogP contribution in [0.3, 0.4) is 0 Å². The Bertz CT molecular complexity index is 700. The summed E-state index contributed by atoms with van der Waals surface area (Å²) < 4.78 is 38.3. The van der Waals surface area contributed by atoms with E-state index in [0.717, 1.165) is 12.1 Å². The number of rotatable bonds is 6. The van der Waals surface area contributed by atoms with Crippen molar-refractivity contribution >= 4 is 17.2 Å². The average Bonchev–Trinajstić information content (AvgIpc) is 3.00. The molecule has 1 amide bonds. The van der Waals surface area contributed by atoms with E-state index in [4.69, 9.17) is 5.73 Å². The van der Waals surface area contributed by atoms with Gasteiger partial charge in [0.15, 0.2) is 0 Å². The van der Waals surface area contributed by atoms with E-state index in [1.165, 1.54) is 17.4 Å². The molecule has 0 aliphatic carbocycles. The second-order valence-corrected chi connectivity index (χ2v) is 6.40. The van der Waals surface area contributed by atoms with Gasteiger partial charge < -0.3 is 11.1 Å². The van der Waals surface area contributed by atoms with Gasteiger partial charge in [0, 0.05) is 17.5 Å². The van der Waals surface area contributed by atoms with Crippen molar-refractivity contribution in [1.82, 2.24) is 10.3 Å². The fourth-order valence-corrected chi connectivity index (χ4v) is 2.76. The molecule has 0 saturated heterocycles. The van der Waals surface area contributed by atoms with Crippen LogP contribution in [0.1, 0.15) is 18.2 Å². The number of benzene rings is 1. The molecule has 0 aliphatic rings. The second kappa shape index (κ2) is 7.76. The topological polar surface area (TPSA) is 68.0 Å². The zero-order valence-corrected chi connectivity index (χ0v) is 13.9. The predicted octanol–water partition coefficient (Wildman–Crippen LogP) is 3.08. The first-order valence-electron chi connectivity index (χ1n) is 7.38. The van der Waals surface area contributed by atoms with E-state index in [2.05, 4.69) is 10.3 Å². The lowest BCUT2D eigenvalue weighted by atomic mass is 10.1. The zero-order chi connectivity index (χ0) is 17.7. The van der Waals surface area contributed by atoms with Crippen LogP contribution in [0.2, 0.25) is 0 Å². The third-order valence-electron chi connectivity index (χ3n) is 3.38. The Morgan fingerprint density at radius 1 is 1.42 bits per heavy atom. The molecule has 3 N–H and O–H groups in total. The highest BCUT2D eigenvalue weighted by molar-refractivity contribution is 7.13. The number of carbonyl (C=O) groups excluding carboxylic acids is 1. The van der Waals surface area contributed by atoms with Gasteiger partial charge in [0.1, 0.15) is 5.01 Å². The van der Waals surface area contributed by atoms with Gasteiger partial charge in [0.2, 0.25) is 5.91 Å². The summed E-state index contributed by atoms with van der Waals surface area (Å²) in [5.41, 5.74) is 5.68. The Balaban J connectivity index is 2.04. The van der Waals surface area contributed by atoms with Crippen molar-refractivity contribution in [2.45, 2.75) is 19.5 Å². The third kappa shape index (κ3) is 5.04. The van der Waals surface area contributed by atoms with E-state index in [9.17, 15) is 18.0 Å². The maximum Gasteiger partial charge on any atom is 0.416 e. The highest BCUT2D eigenvalue weighted by Crippen LogP contribution is 2.33. The van der Waals surface area contributed by atoms with E-state index in [0.29, 0.717) is 29.4 Å². The number of hydrogen-bond donors (Lipinski definition) is 2. The summed E-state index contributed by atoms with van der Waals surface area (Å²) in [4.78, 5) is 16.1. The van der Waals surface area contributed by atoms with Gasteiger partial charge in [0.05, 0.1) is 17.7 Å². The average molecular weight is 357 g/mol. The standard InChI is InChI=1S/C16H18F3N3OS/c1-10(7-20)8-21-14(23)6-13-9-24-15(22-13)11-3-2-4-12(5-11)16(17,18)19/h2-5,9-10H,6-8,20H2,1H3,(H,21,23). The van der Waals surface area contributed by atoms with Crippen LogP contribution >= 0.6 is 11.3 Å². The quantitative estimate of drug-likeness (QED) is 0.835. The Morgan fingerprint density at radius 3 is 2.83 bits per heavy atom. The first kappa shape index (κ1) is 18.4. The largest absolute Gasteiger partial charge is 0.416 e. The molecule has 4 nitrogen and oxygen atoms in total. The summed E-state index contributed by atoms with van der Waals surface area (Å²) >= 11 is 1.21. The number of carbonyl (C=O) groups is 1. The minimum atomic E-state index is -4.39. The number of halogens is 3. The molecule has 24 heavy (non-hydrogen) atoms. The molecule has 0 bridgehead atoms. The lowest BCUT2D eigenvalue weighted by Crippen LogP contribution is -2.32. The van der Waals surface area contributed by atoms with Gasteiger partial charge in [-0.15, -0.1) is 11.3 Å². The van der Waals surface area contributed by atoms with E-state index in [1.54, 1.807) is 11.4 Å². The molecule has 1 aromatic carbocycles. The number of nitrogens with one attached hydrogen (secondary N) is 1. The molecule has 0 saturated carbocycles. The van der Waals surface area contributed by atoms with Crippen LogP contribution in [0.4, 0.5) is 13.2 Å². The summed E-state index contributed by atoms with van der Waals surface area (Å²) in [6, 6.07) is 5.00. The summed E-state index contributed by atoms with van der Waals surface area (Å²) in [7, 11) is 0. The summed E-state index contributed by atoms with van der Waals surface area (Å²) in [5.74, 6) is 0.00115. The number of alkyl halides is 3. The normalized spacial score (nSPS) is 12.9. The minimum absolute atomic E-state index is 0.0900. The highest BCUT2D eigenvalue weighted by Gasteiger charge is 2.30. The van der Waals surface area contributed by atoms with Gasteiger partial charge in [-0.05, 0) is 24.6 Å². The van der Waals surface area contributed by atoms with Crippen LogP contribution in [-0.4, -0.2) is 24.0 Å². The van der Waals surface area contributed by atoms with E-state index >= 15 is 0 Å². The second-order valence-electron chi connectivity index (χ2n) is 5.54. The molecule has 0 spiro atoms. The number of nitrogens with zero attached hydrogens (tertiary/aromatic N) is 1. The Labute approximate surface area is 141 Å². The molecule has 1 unspecified atom stereocenters. The fraction of sp³-hybridized carbons (Fsp3) is 0.375. The molecule has 8 heteroatoms. The van der Waals surface area contributed by atoms with Gasteiger partial charge in [-0.3, -0.25) is 4.79 Å². The number of aromatic nitrogens is 1. The molecule has 2 rings (SSSR count). The molecule has 2 aromatic rings. The molecule has 0 aliphatic heterocycles. The molecule has 1 heterocycles. The van der Waals surface area contributed by atoms with Crippen LogP contribution in [0.25, 0.3) is 10.6 Å². The highest BCUT2D eigenvalue weighted by atomic mass is 32.1.